The van der Waals surface area contributed by atoms with Gasteiger partial charge in [-0.1, -0.05) is 24.3 Å². The van der Waals surface area contributed by atoms with E-state index >= 15 is 0 Å². The van der Waals surface area contributed by atoms with Gasteiger partial charge in [0.25, 0.3) is 0 Å². The first-order chi connectivity index (χ1) is 14.2. The molecule has 3 rings (SSSR count). The number of guanidine groups is 1. The molecular formula is C21H30F3N5O. The number of carbonyl (C=O) groups excluding carboxylic acids is 1. The van der Waals surface area contributed by atoms with Gasteiger partial charge in [-0.15, -0.1) is 0 Å². The molecule has 2 atom stereocenters. The fourth-order valence-electron chi connectivity index (χ4n) is 3.98. The number of nitrogens with one attached hydrogen (secondary N) is 2. The summed E-state index contributed by atoms with van der Waals surface area (Å²) in [5.41, 5.74) is 2.64. The lowest BCUT2D eigenvalue weighted by Crippen LogP contribution is -2.50. The molecular weight excluding hydrogens is 395 g/mol. The Bertz CT molecular complexity index is 765. The third kappa shape index (κ3) is 6.62. The standard InChI is InChI=1S/C21H30F3N5O/c1-28(2)19(30)12-25-20(27-18-9-10-29(13-18)14-21(22,23)24)26-17-8-7-15-5-3-4-6-16(15)11-17/h3-6,17-18H,7-14H2,1-2H3,(H2,25,26,27). The molecule has 0 bridgehead atoms. The van der Waals surface area contributed by atoms with Gasteiger partial charge in [0, 0.05) is 39.3 Å². The van der Waals surface area contributed by atoms with Gasteiger partial charge in [0.2, 0.25) is 5.91 Å². The van der Waals surface area contributed by atoms with E-state index in [9.17, 15) is 18.0 Å². The summed E-state index contributed by atoms with van der Waals surface area (Å²) in [6.45, 7) is -0.221. The molecule has 1 aliphatic heterocycles. The van der Waals surface area contributed by atoms with E-state index in [1.807, 2.05) is 12.1 Å². The smallest absolute Gasteiger partial charge is 0.353 e. The Morgan fingerprint density at radius 3 is 2.57 bits per heavy atom. The van der Waals surface area contributed by atoms with Gasteiger partial charge in [-0.2, -0.15) is 13.2 Å². The second-order valence-corrected chi connectivity index (χ2v) is 8.29. The highest BCUT2D eigenvalue weighted by Crippen LogP contribution is 2.22. The maximum atomic E-state index is 12.7. The zero-order valence-electron chi connectivity index (χ0n) is 17.5. The van der Waals surface area contributed by atoms with Gasteiger partial charge in [-0.25, -0.2) is 4.99 Å². The average Bonchev–Trinajstić information content (AvgIpc) is 3.10. The molecule has 0 aromatic heterocycles. The van der Waals surface area contributed by atoms with E-state index in [1.54, 1.807) is 14.1 Å². The summed E-state index contributed by atoms with van der Waals surface area (Å²) in [5.74, 6) is 0.364. The second kappa shape index (κ2) is 9.68. The molecule has 0 saturated carbocycles. The van der Waals surface area contributed by atoms with E-state index < -0.39 is 12.7 Å². The molecule has 1 amide bonds. The van der Waals surface area contributed by atoms with E-state index in [-0.39, 0.29) is 24.5 Å². The van der Waals surface area contributed by atoms with Crippen molar-refractivity contribution in [2.75, 3.05) is 40.3 Å². The van der Waals surface area contributed by atoms with Crippen LogP contribution in [0.4, 0.5) is 13.2 Å². The van der Waals surface area contributed by atoms with Crippen molar-refractivity contribution < 1.29 is 18.0 Å². The van der Waals surface area contributed by atoms with E-state index in [0.717, 1.165) is 19.3 Å². The van der Waals surface area contributed by atoms with Gasteiger partial charge in [0.15, 0.2) is 5.96 Å². The minimum absolute atomic E-state index is 0.00930. The first-order valence-corrected chi connectivity index (χ1v) is 10.3. The van der Waals surface area contributed by atoms with Crippen molar-refractivity contribution in [1.29, 1.82) is 0 Å². The second-order valence-electron chi connectivity index (χ2n) is 8.29. The van der Waals surface area contributed by atoms with Crippen LogP contribution >= 0.6 is 0 Å². The highest BCUT2D eigenvalue weighted by atomic mass is 19.4. The number of amides is 1. The molecule has 2 aliphatic rings. The van der Waals surface area contributed by atoms with Crippen LogP contribution in [-0.4, -0.2) is 80.2 Å². The predicted octanol–water partition coefficient (Wildman–Crippen LogP) is 1.80. The first-order valence-electron chi connectivity index (χ1n) is 10.3. The van der Waals surface area contributed by atoms with Crippen molar-refractivity contribution in [1.82, 2.24) is 20.4 Å². The first kappa shape index (κ1) is 22.4. The maximum absolute atomic E-state index is 12.7. The van der Waals surface area contributed by atoms with Crippen molar-refractivity contribution in [2.24, 2.45) is 4.99 Å². The number of halogens is 3. The number of hydrogen-bond donors (Lipinski definition) is 2. The highest BCUT2D eigenvalue weighted by Gasteiger charge is 2.34. The molecule has 1 fully saturated rings. The summed E-state index contributed by atoms with van der Waals surface area (Å²) in [5, 5.41) is 6.66. The van der Waals surface area contributed by atoms with E-state index in [0.29, 0.717) is 25.5 Å². The van der Waals surface area contributed by atoms with Crippen LogP contribution in [0, 0.1) is 0 Å². The SMILES string of the molecule is CN(C)C(=O)CN=C(NC1CCc2ccccc2C1)NC1CCN(CC(F)(F)F)C1. The van der Waals surface area contributed by atoms with E-state index in [4.69, 9.17) is 0 Å². The van der Waals surface area contributed by atoms with Crippen LogP contribution in [0.15, 0.2) is 29.3 Å². The zero-order chi connectivity index (χ0) is 21.7. The Morgan fingerprint density at radius 2 is 1.87 bits per heavy atom. The van der Waals surface area contributed by atoms with Crippen molar-refractivity contribution >= 4 is 11.9 Å². The lowest BCUT2D eigenvalue weighted by molar-refractivity contribution is -0.143. The molecule has 6 nitrogen and oxygen atoms in total. The number of likely N-dealkylation sites (N-methyl/N-ethyl adjacent to an activating group) is 1. The van der Waals surface area contributed by atoms with Crippen LogP contribution in [0.3, 0.4) is 0 Å². The highest BCUT2D eigenvalue weighted by molar-refractivity contribution is 5.85. The molecule has 1 aromatic rings. The molecule has 0 radical (unpaired) electrons. The summed E-state index contributed by atoms with van der Waals surface area (Å²) in [7, 11) is 3.34. The van der Waals surface area contributed by atoms with E-state index in [1.165, 1.54) is 20.9 Å². The minimum Gasteiger partial charge on any atom is -0.353 e. The molecule has 30 heavy (non-hydrogen) atoms. The fraction of sp³-hybridized carbons (Fsp3) is 0.619. The number of likely N-dealkylation sites (tertiary alicyclic amines) is 1. The van der Waals surface area contributed by atoms with Crippen LogP contribution in [0.5, 0.6) is 0 Å². The number of nitrogens with zero attached hydrogens (tertiary/aromatic N) is 3. The molecule has 1 aliphatic carbocycles. The number of alkyl halides is 3. The minimum atomic E-state index is -4.20. The zero-order valence-corrected chi connectivity index (χ0v) is 17.5. The Kier molecular flexibility index (Phi) is 7.23. The summed E-state index contributed by atoms with van der Waals surface area (Å²) >= 11 is 0. The van der Waals surface area contributed by atoms with Crippen LogP contribution < -0.4 is 10.6 Å². The van der Waals surface area contributed by atoms with Gasteiger partial charge in [0.1, 0.15) is 6.54 Å². The predicted molar refractivity (Wildman–Crippen MR) is 110 cm³/mol. The van der Waals surface area contributed by atoms with Gasteiger partial charge in [0.05, 0.1) is 6.54 Å². The van der Waals surface area contributed by atoms with Gasteiger partial charge in [-0.05, 0) is 36.8 Å². The lowest BCUT2D eigenvalue weighted by Gasteiger charge is -2.28. The number of aliphatic imine (C=N–C) groups is 1. The number of carbonyl (C=O) groups is 1. The van der Waals surface area contributed by atoms with Crippen molar-refractivity contribution in [3.8, 4) is 0 Å². The van der Waals surface area contributed by atoms with E-state index in [2.05, 4.69) is 27.8 Å². The molecule has 166 valence electrons. The molecule has 2 N–H and O–H groups in total. The van der Waals surface area contributed by atoms with Crippen LogP contribution in [-0.2, 0) is 17.6 Å². The fourth-order valence-corrected chi connectivity index (χ4v) is 3.98. The number of fused-ring (bicyclic) bond motifs is 1. The summed E-state index contributed by atoms with van der Waals surface area (Å²) in [6, 6.07) is 8.35. The number of benzene rings is 1. The lowest BCUT2D eigenvalue weighted by atomic mass is 9.88. The monoisotopic (exact) mass is 425 g/mol. The summed E-state index contributed by atoms with van der Waals surface area (Å²) in [4.78, 5) is 19.3. The number of rotatable bonds is 5. The van der Waals surface area contributed by atoms with Crippen LogP contribution in [0.25, 0.3) is 0 Å². The third-order valence-electron chi connectivity index (χ3n) is 5.58. The molecule has 0 spiro atoms. The normalized spacial score (nSPS) is 22.5. The number of aryl methyl sites for hydroxylation is 1. The largest absolute Gasteiger partial charge is 0.401 e. The topological polar surface area (TPSA) is 60.0 Å². The maximum Gasteiger partial charge on any atom is 0.401 e. The van der Waals surface area contributed by atoms with Crippen LogP contribution in [0.1, 0.15) is 24.0 Å². The molecule has 1 aromatic carbocycles. The van der Waals surface area contributed by atoms with Gasteiger partial charge >= 0.3 is 6.18 Å². The molecule has 9 heteroatoms. The summed E-state index contributed by atoms with van der Waals surface area (Å²) in [6.07, 6.45) is -0.850. The Balaban J connectivity index is 1.63. The third-order valence-corrected chi connectivity index (χ3v) is 5.58. The van der Waals surface area contributed by atoms with Crippen molar-refractivity contribution in [3.63, 3.8) is 0 Å². The Morgan fingerprint density at radius 1 is 1.17 bits per heavy atom. The van der Waals surface area contributed by atoms with Crippen LogP contribution in [0.2, 0.25) is 0 Å². The van der Waals surface area contributed by atoms with Crippen molar-refractivity contribution in [2.45, 2.75) is 43.9 Å². The average molecular weight is 425 g/mol. The van der Waals surface area contributed by atoms with Crippen molar-refractivity contribution in [3.05, 3.63) is 35.4 Å². The summed E-state index contributed by atoms with van der Waals surface area (Å²) < 4.78 is 38.0. The van der Waals surface area contributed by atoms with Gasteiger partial charge < -0.3 is 15.5 Å². The molecule has 2 unspecified atom stereocenters. The van der Waals surface area contributed by atoms with Gasteiger partial charge in [-0.3, -0.25) is 9.69 Å². The molecule has 1 saturated heterocycles. The molecule has 1 heterocycles. The Labute approximate surface area is 175 Å². The quantitative estimate of drug-likeness (QED) is 0.558. The Hall–Kier alpha value is -2.29. The number of hydrogen-bond acceptors (Lipinski definition) is 3.